The Morgan fingerprint density at radius 1 is 1.14 bits per heavy atom. The van der Waals surface area contributed by atoms with Crippen LogP contribution in [0.1, 0.15) is 16.9 Å². The SMILES string of the molecule is CC(=O)Nc1ccc2sc(C)nc2c1O.Cc1nc2cc(N=[N+]=[N-])ccc2s1. The molecule has 0 radical (unpaired) electrons. The Morgan fingerprint density at radius 2 is 1.82 bits per heavy atom. The van der Waals surface area contributed by atoms with Gasteiger partial charge in [0.1, 0.15) is 5.52 Å². The van der Waals surface area contributed by atoms with Crippen molar-refractivity contribution in [3.05, 3.63) is 50.8 Å². The molecule has 2 N–H and O–H groups in total. The molecule has 28 heavy (non-hydrogen) atoms. The van der Waals surface area contributed by atoms with E-state index in [1.165, 1.54) is 18.3 Å². The lowest BCUT2D eigenvalue weighted by Gasteiger charge is -2.04. The van der Waals surface area contributed by atoms with Crippen LogP contribution in [0.5, 0.6) is 5.75 Å². The molecule has 0 fully saturated rings. The van der Waals surface area contributed by atoms with Crippen LogP contribution in [-0.4, -0.2) is 21.0 Å². The number of hydrogen-bond donors (Lipinski definition) is 2. The number of carbonyl (C=O) groups is 1. The number of phenols is 1. The number of aromatic hydroxyl groups is 1. The first-order valence-electron chi connectivity index (χ1n) is 8.16. The molecule has 0 bridgehead atoms. The van der Waals surface area contributed by atoms with Gasteiger partial charge in [0.15, 0.2) is 5.75 Å². The maximum Gasteiger partial charge on any atom is 0.221 e. The van der Waals surface area contributed by atoms with Crippen molar-refractivity contribution < 1.29 is 9.90 Å². The number of nitrogens with one attached hydrogen (secondary N) is 1. The minimum Gasteiger partial charge on any atom is -0.504 e. The van der Waals surface area contributed by atoms with Gasteiger partial charge < -0.3 is 10.4 Å². The minimum absolute atomic E-state index is 0.0343. The van der Waals surface area contributed by atoms with E-state index in [4.69, 9.17) is 5.53 Å². The number of thiazole rings is 2. The van der Waals surface area contributed by atoms with Gasteiger partial charge >= 0.3 is 0 Å². The van der Waals surface area contributed by atoms with Gasteiger partial charge in [-0.3, -0.25) is 4.79 Å². The molecule has 1 amide bonds. The number of rotatable bonds is 2. The molecular formula is C18H16N6O2S2. The summed E-state index contributed by atoms with van der Waals surface area (Å²) < 4.78 is 2.04. The average molecular weight is 413 g/mol. The van der Waals surface area contributed by atoms with Gasteiger partial charge in [-0.05, 0) is 43.6 Å². The maximum atomic E-state index is 10.9. The van der Waals surface area contributed by atoms with Crippen molar-refractivity contribution in [1.29, 1.82) is 0 Å². The maximum absolute atomic E-state index is 10.9. The van der Waals surface area contributed by atoms with E-state index >= 15 is 0 Å². The number of azide groups is 1. The molecule has 4 aromatic rings. The highest BCUT2D eigenvalue weighted by atomic mass is 32.1. The van der Waals surface area contributed by atoms with Gasteiger partial charge in [0.25, 0.3) is 0 Å². The Bertz CT molecular complexity index is 1220. The second-order valence-electron chi connectivity index (χ2n) is 5.80. The predicted molar refractivity (Wildman–Crippen MR) is 113 cm³/mol. The molecule has 0 aliphatic heterocycles. The number of nitrogens with zero attached hydrogens (tertiary/aromatic N) is 5. The summed E-state index contributed by atoms with van der Waals surface area (Å²) in [5.41, 5.74) is 10.7. The number of carbonyl (C=O) groups excluding carboxylic acids is 1. The highest BCUT2D eigenvalue weighted by molar-refractivity contribution is 7.18. The summed E-state index contributed by atoms with van der Waals surface area (Å²) >= 11 is 3.14. The molecule has 142 valence electrons. The van der Waals surface area contributed by atoms with Crippen LogP contribution in [0.15, 0.2) is 35.4 Å². The average Bonchev–Trinajstić information content (AvgIpc) is 3.19. The number of aryl methyl sites for hydroxylation is 2. The highest BCUT2D eigenvalue weighted by Gasteiger charge is 2.10. The van der Waals surface area contributed by atoms with Gasteiger partial charge in [-0.1, -0.05) is 11.2 Å². The van der Waals surface area contributed by atoms with Crippen molar-refractivity contribution in [3.8, 4) is 5.75 Å². The molecule has 4 rings (SSSR count). The number of benzene rings is 2. The van der Waals surface area contributed by atoms with E-state index in [0.717, 1.165) is 24.9 Å². The Morgan fingerprint density at radius 3 is 2.54 bits per heavy atom. The zero-order valence-electron chi connectivity index (χ0n) is 15.3. The first kappa shape index (κ1) is 19.6. The topological polar surface area (TPSA) is 124 Å². The summed E-state index contributed by atoms with van der Waals surface area (Å²) in [4.78, 5) is 22.1. The fraction of sp³-hybridized carbons (Fsp3) is 0.167. The number of anilines is 1. The largest absolute Gasteiger partial charge is 0.504 e. The predicted octanol–water partition coefficient (Wildman–Crippen LogP) is 5.82. The van der Waals surface area contributed by atoms with Crippen LogP contribution >= 0.6 is 22.7 Å². The third kappa shape index (κ3) is 4.37. The van der Waals surface area contributed by atoms with Crippen LogP contribution in [-0.2, 0) is 4.79 Å². The number of amides is 1. The van der Waals surface area contributed by atoms with Crippen LogP contribution in [0.2, 0.25) is 0 Å². The lowest BCUT2D eigenvalue weighted by atomic mass is 10.2. The van der Waals surface area contributed by atoms with E-state index in [1.54, 1.807) is 29.5 Å². The number of phenolic OH excluding ortho intramolecular Hbond substituents is 1. The monoisotopic (exact) mass is 412 g/mol. The molecule has 0 unspecified atom stereocenters. The molecule has 0 aliphatic carbocycles. The fourth-order valence-corrected chi connectivity index (χ4v) is 4.16. The molecule has 0 saturated carbocycles. The molecule has 10 heteroatoms. The van der Waals surface area contributed by atoms with Gasteiger partial charge in [0.05, 0.1) is 30.6 Å². The van der Waals surface area contributed by atoms with Crippen molar-refractivity contribution in [2.24, 2.45) is 5.11 Å². The van der Waals surface area contributed by atoms with Crippen molar-refractivity contribution in [1.82, 2.24) is 9.97 Å². The van der Waals surface area contributed by atoms with E-state index in [-0.39, 0.29) is 11.7 Å². The van der Waals surface area contributed by atoms with E-state index in [2.05, 4.69) is 25.3 Å². The molecule has 0 spiro atoms. The molecular weight excluding hydrogens is 396 g/mol. The molecule has 2 heterocycles. The smallest absolute Gasteiger partial charge is 0.221 e. The van der Waals surface area contributed by atoms with Crippen molar-refractivity contribution in [3.63, 3.8) is 0 Å². The Labute approximate surface area is 168 Å². The zero-order valence-corrected chi connectivity index (χ0v) is 16.9. The molecule has 0 aliphatic rings. The quantitative estimate of drug-likeness (QED) is 0.186. The van der Waals surface area contributed by atoms with E-state index in [9.17, 15) is 9.90 Å². The Balaban J connectivity index is 0.000000162. The summed E-state index contributed by atoms with van der Waals surface area (Å²) in [6, 6.07) is 9.02. The summed E-state index contributed by atoms with van der Waals surface area (Å²) in [6.45, 7) is 5.23. The highest BCUT2D eigenvalue weighted by Crippen LogP contribution is 2.34. The standard InChI is InChI=1S/C10H10N2O2S.C8H6N4S/c1-5(13)11-7-3-4-8-9(10(7)14)12-6(2)15-8;1-5-10-7-4-6(11-12-9)2-3-8(7)13-5/h3-4,14H,1-2H3,(H,11,13);2-4H,1H3. The Hall–Kier alpha value is -3.20. The van der Waals surface area contributed by atoms with Gasteiger partial charge in [0.2, 0.25) is 5.91 Å². The summed E-state index contributed by atoms with van der Waals surface area (Å²) in [6.07, 6.45) is 0. The Kier molecular flexibility index (Phi) is 5.74. The minimum atomic E-state index is -0.211. The molecule has 2 aromatic heterocycles. The molecule has 0 saturated heterocycles. The van der Waals surface area contributed by atoms with Gasteiger partial charge in [-0.15, -0.1) is 22.7 Å². The normalized spacial score (nSPS) is 10.2. The molecule has 2 aromatic carbocycles. The lowest BCUT2D eigenvalue weighted by Crippen LogP contribution is -2.05. The van der Waals surface area contributed by atoms with Gasteiger partial charge in [-0.2, -0.15) is 0 Å². The summed E-state index contributed by atoms with van der Waals surface area (Å²) in [5.74, 6) is -0.177. The van der Waals surface area contributed by atoms with Gasteiger partial charge in [-0.25, -0.2) is 9.97 Å². The first-order valence-corrected chi connectivity index (χ1v) is 9.79. The lowest BCUT2D eigenvalue weighted by molar-refractivity contribution is -0.114. The van der Waals surface area contributed by atoms with Gasteiger partial charge in [0, 0.05) is 17.5 Å². The van der Waals surface area contributed by atoms with Crippen molar-refractivity contribution >= 4 is 60.4 Å². The summed E-state index contributed by atoms with van der Waals surface area (Å²) in [7, 11) is 0. The van der Waals surface area contributed by atoms with Crippen LogP contribution in [0, 0.1) is 13.8 Å². The zero-order chi connectivity index (χ0) is 20.3. The number of aromatic nitrogens is 2. The molecule has 8 nitrogen and oxygen atoms in total. The van der Waals surface area contributed by atoms with Crippen molar-refractivity contribution in [2.75, 3.05) is 5.32 Å². The van der Waals surface area contributed by atoms with Crippen molar-refractivity contribution in [2.45, 2.75) is 20.8 Å². The van der Waals surface area contributed by atoms with Crippen LogP contribution < -0.4 is 5.32 Å². The van der Waals surface area contributed by atoms with E-state index in [0.29, 0.717) is 16.9 Å². The first-order chi connectivity index (χ1) is 13.4. The van der Waals surface area contributed by atoms with E-state index < -0.39 is 0 Å². The number of fused-ring (bicyclic) bond motifs is 2. The number of hydrogen-bond acceptors (Lipinski definition) is 7. The fourth-order valence-electron chi connectivity index (χ4n) is 2.53. The summed E-state index contributed by atoms with van der Waals surface area (Å²) in [5, 5.41) is 17.8. The third-order valence-corrected chi connectivity index (χ3v) is 5.48. The third-order valence-electron chi connectivity index (χ3n) is 3.59. The van der Waals surface area contributed by atoms with E-state index in [1.807, 2.05) is 26.0 Å². The van der Waals surface area contributed by atoms with Crippen LogP contribution in [0.4, 0.5) is 11.4 Å². The van der Waals surface area contributed by atoms with Crippen LogP contribution in [0.3, 0.4) is 0 Å². The molecule has 0 atom stereocenters. The van der Waals surface area contributed by atoms with Crippen LogP contribution in [0.25, 0.3) is 30.9 Å². The second kappa shape index (κ2) is 8.22. The second-order valence-corrected chi connectivity index (χ2v) is 8.27.